The fraction of sp³-hybridized carbons (Fsp3) is 0.533. The summed E-state index contributed by atoms with van der Waals surface area (Å²) in [6.45, 7) is 3.42. The van der Waals surface area contributed by atoms with E-state index in [0.717, 1.165) is 38.1 Å². The molecule has 1 unspecified atom stereocenters. The molecule has 0 aromatic heterocycles. The van der Waals surface area contributed by atoms with Crippen molar-refractivity contribution >= 4 is 5.91 Å². The SMILES string of the molecule is CC(Oc1ccc(F)cc1F)C(=O)NC1CCN(C)CC1. The molecule has 116 valence electrons. The van der Waals surface area contributed by atoms with Crippen molar-refractivity contribution in [3.8, 4) is 5.75 Å². The summed E-state index contributed by atoms with van der Waals surface area (Å²) in [5, 5.41) is 2.90. The maximum absolute atomic E-state index is 13.5. The number of rotatable bonds is 4. The number of nitrogens with zero attached hydrogens (tertiary/aromatic N) is 1. The Balaban J connectivity index is 1.87. The average molecular weight is 298 g/mol. The molecule has 1 saturated heterocycles. The molecular weight excluding hydrogens is 278 g/mol. The highest BCUT2D eigenvalue weighted by Gasteiger charge is 2.22. The van der Waals surface area contributed by atoms with E-state index < -0.39 is 17.7 Å². The van der Waals surface area contributed by atoms with Gasteiger partial charge < -0.3 is 15.0 Å². The summed E-state index contributed by atoms with van der Waals surface area (Å²) in [7, 11) is 2.04. The van der Waals surface area contributed by atoms with Crippen molar-refractivity contribution in [2.24, 2.45) is 0 Å². The normalized spacial score (nSPS) is 18.3. The van der Waals surface area contributed by atoms with Gasteiger partial charge in [-0.25, -0.2) is 8.78 Å². The fourth-order valence-corrected chi connectivity index (χ4v) is 2.29. The van der Waals surface area contributed by atoms with E-state index in [-0.39, 0.29) is 17.7 Å². The molecule has 0 radical (unpaired) electrons. The first-order chi connectivity index (χ1) is 9.95. The smallest absolute Gasteiger partial charge is 0.260 e. The van der Waals surface area contributed by atoms with Gasteiger partial charge in [0.25, 0.3) is 5.91 Å². The van der Waals surface area contributed by atoms with Crippen molar-refractivity contribution in [3.05, 3.63) is 29.8 Å². The number of amides is 1. The van der Waals surface area contributed by atoms with Crippen LogP contribution in [0.1, 0.15) is 19.8 Å². The van der Waals surface area contributed by atoms with Gasteiger partial charge in [0.15, 0.2) is 17.7 Å². The minimum atomic E-state index is -0.829. The van der Waals surface area contributed by atoms with Crippen LogP contribution >= 0.6 is 0 Å². The highest BCUT2D eigenvalue weighted by Crippen LogP contribution is 2.19. The second-order valence-electron chi connectivity index (χ2n) is 5.42. The van der Waals surface area contributed by atoms with Crippen LogP contribution in [0.2, 0.25) is 0 Å². The Bertz CT molecular complexity index is 502. The van der Waals surface area contributed by atoms with Crippen LogP contribution in [0.15, 0.2) is 18.2 Å². The van der Waals surface area contributed by atoms with E-state index in [4.69, 9.17) is 4.74 Å². The molecule has 1 aromatic carbocycles. The lowest BCUT2D eigenvalue weighted by atomic mass is 10.1. The number of hydrogen-bond acceptors (Lipinski definition) is 3. The van der Waals surface area contributed by atoms with Crippen LogP contribution in [0, 0.1) is 11.6 Å². The van der Waals surface area contributed by atoms with Gasteiger partial charge in [-0.05, 0) is 52.0 Å². The van der Waals surface area contributed by atoms with E-state index in [2.05, 4.69) is 10.2 Å². The zero-order chi connectivity index (χ0) is 15.4. The largest absolute Gasteiger partial charge is 0.478 e. The van der Waals surface area contributed by atoms with E-state index in [0.29, 0.717) is 0 Å². The fourth-order valence-electron chi connectivity index (χ4n) is 2.29. The second-order valence-corrected chi connectivity index (χ2v) is 5.42. The Labute approximate surface area is 123 Å². The van der Waals surface area contributed by atoms with E-state index in [1.54, 1.807) is 6.92 Å². The van der Waals surface area contributed by atoms with Gasteiger partial charge in [-0.3, -0.25) is 4.79 Å². The molecule has 1 aromatic rings. The molecule has 0 saturated carbocycles. The van der Waals surface area contributed by atoms with Crippen molar-refractivity contribution in [2.45, 2.75) is 31.9 Å². The molecule has 1 aliphatic rings. The Morgan fingerprint density at radius 1 is 1.38 bits per heavy atom. The van der Waals surface area contributed by atoms with Crippen LogP contribution in [-0.4, -0.2) is 43.1 Å². The molecule has 1 N–H and O–H groups in total. The Hall–Kier alpha value is -1.69. The molecule has 0 spiro atoms. The summed E-state index contributed by atoms with van der Waals surface area (Å²) in [6, 6.07) is 3.14. The number of likely N-dealkylation sites (tertiary alicyclic amines) is 1. The number of carbonyl (C=O) groups excluding carboxylic acids is 1. The van der Waals surface area contributed by atoms with Crippen LogP contribution in [0.25, 0.3) is 0 Å². The van der Waals surface area contributed by atoms with Gasteiger partial charge in [-0.2, -0.15) is 0 Å². The highest BCUT2D eigenvalue weighted by molar-refractivity contribution is 5.81. The average Bonchev–Trinajstić information content (AvgIpc) is 2.44. The molecule has 1 aliphatic heterocycles. The summed E-state index contributed by atoms with van der Waals surface area (Å²) < 4.78 is 31.5. The van der Waals surface area contributed by atoms with E-state index >= 15 is 0 Å². The number of ether oxygens (including phenoxy) is 1. The van der Waals surface area contributed by atoms with Crippen molar-refractivity contribution in [2.75, 3.05) is 20.1 Å². The van der Waals surface area contributed by atoms with Gasteiger partial charge in [-0.15, -0.1) is 0 Å². The summed E-state index contributed by atoms with van der Waals surface area (Å²) in [5.74, 6) is -1.90. The first-order valence-corrected chi connectivity index (χ1v) is 7.06. The summed E-state index contributed by atoms with van der Waals surface area (Å²) >= 11 is 0. The molecule has 1 heterocycles. The van der Waals surface area contributed by atoms with E-state index in [1.165, 1.54) is 6.07 Å². The Morgan fingerprint density at radius 2 is 2.05 bits per heavy atom. The van der Waals surface area contributed by atoms with Gasteiger partial charge in [0.05, 0.1) is 0 Å². The molecule has 0 aliphatic carbocycles. The molecule has 1 fully saturated rings. The van der Waals surface area contributed by atoms with Crippen molar-refractivity contribution in [1.82, 2.24) is 10.2 Å². The van der Waals surface area contributed by atoms with Crippen LogP contribution in [-0.2, 0) is 4.79 Å². The van der Waals surface area contributed by atoms with Gasteiger partial charge in [-0.1, -0.05) is 0 Å². The Kier molecular flexibility index (Phi) is 5.12. The molecule has 6 heteroatoms. The highest BCUT2D eigenvalue weighted by atomic mass is 19.1. The lowest BCUT2D eigenvalue weighted by Crippen LogP contribution is -2.47. The third-order valence-electron chi connectivity index (χ3n) is 3.63. The maximum atomic E-state index is 13.5. The summed E-state index contributed by atoms with van der Waals surface area (Å²) in [4.78, 5) is 14.2. The molecule has 0 bridgehead atoms. The standard InChI is InChI=1S/C15H20F2N2O2/c1-10(21-14-4-3-11(16)9-13(14)17)15(20)18-12-5-7-19(2)8-6-12/h3-4,9-10,12H,5-8H2,1-2H3,(H,18,20). The van der Waals surface area contributed by atoms with E-state index in [9.17, 15) is 13.6 Å². The zero-order valence-electron chi connectivity index (χ0n) is 12.2. The lowest BCUT2D eigenvalue weighted by Gasteiger charge is -2.30. The lowest BCUT2D eigenvalue weighted by molar-refractivity contribution is -0.128. The number of halogens is 2. The first-order valence-electron chi connectivity index (χ1n) is 7.06. The monoisotopic (exact) mass is 298 g/mol. The second kappa shape index (κ2) is 6.85. The minimum Gasteiger partial charge on any atom is -0.478 e. The predicted octanol–water partition coefficient (Wildman–Crippen LogP) is 1.94. The molecule has 1 amide bonds. The van der Waals surface area contributed by atoms with E-state index in [1.807, 2.05) is 7.05 Å². The van der Waals surface area contributed by atoms with Crippen molar-refractivity contribution in [3.63, 3.8) is 0 Å². The number of piperidine rings is 1. The van der Waals surface area contributed by atoms with Crippen LogP contribution in [0.5, 0.6) is 5.75 Å². The molecule has 4 nitrogen and oxygen atoms in total. The minimum absolute atomic E-state index is 0.123. The number of hydrogen-bond donors (Lipinski definition) is 1. The number of benzene rings is 1. The molecule has 21 heavy (non-hydrogen) atoms. The summed E-state index contributed by atoms with van der Waals surface area (Å²) in [5.41, 5.74) is 0. The van der Waals surface area contributed by atoms with Gasteiger partial charge in [0.2, 0.25) is 0 Å². The first kappa shape index (κ1) is 15.7. The zero-order valence-corrected chi connectivity index (χ0v) is 12.2. The quantitative estimate of drug-likeness (QED) is 0.923. The molecule has 2 rings (SSSR count). The third kappa shape index (κ3) is 4.39. The number of carbonyl (C=O) groups is 1. The maximum Gasteiger partial charge on any atom is 0.260 e. The number of nitrogens with one attached hydrogen (secondary N) is 1. The molecule has 1 atom stereocenters. The Morgan fingerprint density at radius 3 is 2.67 bits per heavy atom. The summed E-state index contributed by atoms with van der Waals surface area (Å²) in [6.07, 6.45) is 0.948. The van der Waals surface area contributed by atoms with Crippen molar-refractivity contribution < 1.29 is 18.3 Å². The van der Waals surface area contributed by atoms with Crippen LogP contribution in [0.4, 0.5) is 8.78 Å². The third-order valence-corrected chi connectivity index (χ3v) is 3.63. The van der Waals surface area contributed by atoms with Crippen LogP contribution in [0.3, 0.4) is 0 Å². The molecular formula is C15H20F2N2O2. The predicted molar refractivity (Wildman–Crippen MR) is 75.1 cm³/mol. The topological polar surface area (TPSA) is 41.6 Å². The van der Waals surface area contributed by atoms with Crippen LogP contribution < -0.4 is 10.1 Å². The van der Waals surface area contributed by atoms with Gasteiger partial charge >= 0.3 is 0 Å². The van der Waals surface area contributed by atoms with Gasteiger partial charge in [0, 0.05) is 12.1 Å². The van der Waals surface area contributed by atoms with Gasteiger partial charge in [0.1, 0.15) is 5.82 Å². The van der Waals surface area contributed by atoms with Crippen molar-refractivity contribution in [1.29, 1.82) is 0 Å².